The summed E-state index contributed by atoms with van der Waals surface area (Å²) in [6.45, 7) is 1.81. The van der Waals surface area contributed by atoms with Crippen molar-refractivity contribution < 1.29 is 4.79 Å². The number of rotatable bonds is 3. The van der Waals surface area contributed by atoms with Crippen LogP contribution in [0, 0.1) is 0 Å². The molecule has 14 heavy (non-hydrogen) atoms. The lowest BCUT2D eigenvalue weighted by atomic mass is 10.1. The van der Waals surface area contributed by atoms with Gasteiger partial charge in [0.15, 0.2) is 5.78 Å². The van der Waals surface area contributed by atoms with E-state index in [1.54, 1.807) is 23.9 Å². The summed E-state index contributed by atoms with van der Waals surface area (Å²) < 4.78 is 0. The van der Waals surface area contributed by atoms with Gasteiger partial charge >= 0.3 is 0 Å². The van der Waals surface area contributed by atoms with E-state index in [4.69, 9.17) is 11.6 Å². The first kappa shape index (κ1) is 12.1. The van der Waals surface area contributed by atoms with Crippen LogP contribution in [0.1, 0.15) is 17.3 Å². The van der Waals surface area contributed by atoms with Crippen molar-refractivity contribution in [3.63, 3.8) is 0 Å². The monoisotopic (exact) mass is 292 g/mol. The van der Waals surface area contributed by atoms with Gasteiger partial charge in [0, 0.05) is 15.5 Å². The van der Waals surface area contributed by atoms with Crippen LogP contribution in [0.2, 0.25) is 5.02 Å². The zero-order valence-corrected chi connectivity index (χ0v) is 11.0. The number of ketones is 1. The Kier molecular flexibility index (Phi) is 4.48. The average molecular weight is 294 g/mol. The van der Waals surface area contributed by atoms with Crippen molar-refractivity contribution in [3.05, 3.63) is 28.8 Å². The van der Waals surface area contributed by atoms with E-state index in [2.05, 4.69) is 15.9 Å². The molecule has 0 N–H and O–H groups in total. The Hall–Kier alpha value is 0.01000. The number of carbonyl (C=O) groups excluding carboxylic acids is 1. The minimum Gasteiger partial charge on any atom is -0.293 e. The fourth-order valence-corrected chi connectivity index (χ4v) is 2.09. The molecule has 0 radical (unpaired) electrons. The van der Waals surface area contributed by atoms with Crippen LogP contribution in [0.25, 0.3) is 0 Å². The van der Waals surface area contributed by atoms with E-state index in [0.717, 1.165) is 4.90 Å². The van der Waals surface area contributed by atoms with Gasteiger partial charge in [0.25, 0.3) is 0 Å². The van der Waals surface area contributed by atoms with Crippen LogP contribution >= 0.6 is 39.3 Å². The number of alkyl halides is 1. The molecule has 0 aliphatic heterocycles. The van der Waals surface area contributed by atoms with Gasteiger partial charge in [0.2, 0.25) is 0 Å². The predicted molar refractivity (Wildman–Crippen MR) is 66.0 cm³/mol. The highest BCUT2D eigenvalue weighted by Gasteiger charge is 2.15. The molecule has 0 aliphatic rings. The second kappa shape index (κ2) is 5.19. The molecule has 1 nitrogen and oxygen atoms in total. The maximum Gasteiger partial charge on any atom is 0.177 e. The third kappa shape index (κ3) is 2.75. The Morgan fingerprint density at radius 3 is 2.71 bits per heavy atom. The maximum absolute atomic E-state index is 11.8. The molecule has 0 amide bonds. The normalized spacial score (nSPS) is 12.6. The Morgan fingerprint density at radius 2 is 2.21 bits per heavy atom. The van der Waals surface area contributed by atoms with E-state index in [9.17, 15) is 4.79 Å². The number of carbonyl (C=O) groups is 1. The van der Waals surface area contributed by atoms with Gasteiger partial charge in [-0.25, -0.2) is 0 Å². The highest BCUT2D eigenvalue weighted by atomic mass is 79.9. The summed E-state index contributed by atoms with van der Waals surface area (Å²) in [5.74, 6) is 0.0665. The van der Waals surface area contributed by atoms with Gasteiger partial charge in [-0.15, -0.1) is 11.8 Å². The van der Waals surface area contributed by atoms with Crippen molar-refractivity contribution in [1.82, 2.24) is 0 Å². The molecule has 0 bridgehead atoms. The van der Waals surface area contributed by atoms with Gasteiger partial charge in [0.1, 0.15) is 0 Å². The third-order valence-corrected chi connectivity index (χ3v) is 3.24. The number of benzene rings is 1. The van der Waals surface area contributed by atoms with Gasteiger partial charge in [-0.2, -0.15) is 0 Å². The summed E-state index contributed by atoms with van der Waals surface area (Å²) >= 11 is 10.7. The quantitative estimate of drug-likeness (QED) is 0.475. The summed E-state index contributed by atoms with van der Waals surface area (Å²) in [6, 6.07) is 5.38. The summed E-state index contributed by atoms with van der Waals surface area (Å²) in [5.41, 5.74) is 0.689. The van der Waals surface area contributed by atoms with E-state index >= 15 is 0 Å². The molecule has 76 valence electrons. The lowest BCUT2D eigenvalue weighted by Gasteiger charge is -2.08. The summed E-state index contributed by atoms with van der Waals surface area (Å²) in [7, 11) is 0. The molecule has 1 atom stereocenters. The number of thioether (sulfide) groups is 1. The van der Waals surface area contributed by atoms with Crippen LogP contribution in [0.3, 0.4) is 0 Å². The van der Waals surface area contributed by atoms with Crippen molar-refractivity contribution in [2.45, 2.75) is 16.6 Å². The molecule has 1 rings (SSSR count). The molecule has 1 aromatic carbocycles. The summed E-state index contributed by atoms with van der Waals surface area (Å²) in [4.78, 5) is 12.5. The van der Waals surface area contributed by atoms with Crippen LogP contribution in [-0.2, 0) is 0 Å². The molecule has 0 spiro atoms. The minimum absolute atomic E-state index is 0.0665. The van der Waals surface area contributed by atoms with Crippen LogP contribution in [0.4, 0.5) is 0 Å². The Morgan fingerprint density at radius 1 is 1.57 bits per heavy atom. The van der Waals surface area contributed by atoms with Gasteiger partial charge in [-0.3, -0.25) is 4.79 Å². The fourth-order valence-electron chi connectivity index (χ4n) is 1.09. The number of hydrogen-bond donors (Lipinski definition) is 0. The second-order valence-electron chi connectivity index (χ2n) is 2.82. The van der Waals surface area contributed by atoms with Crippen molar-refractivity contribution in [1.29, 1.82) is 0 Å². The molecule has 1 unspecified atom stereocenters. The second-order valence-corrected chi connectivity index (χ2v) is 5.48. The molecule has 0 aliphatic carbocycles. The van der Waals surface area contributed by atoms with E-state index in [1.807, 2.05) is 19.2 Å². The van der Waals surface area contributed by atoms with Gasteiger partial charge < -0.3 is 0 Å². The Bertz CT molecular complexity index is 352. The molecule has 0 fully saturated rings. The van der Waals surface area contributed by atoms with E-state index in [0.29, 0.717) is 10.6 Å². The van der Waals surface area contributed by atoms with Crippen LogP contribution in [0.5, 0.6) is 0 Å². The highest BCUT2D eigenvalue weighted by molar-refractivity contribution is 9.10. The maximum atomic E-state index is 11.8. The standard InChI is InChI=1S/C10H10BrClOS/c1-6(11)10(13)8-5-7(12)3-4-9(8)14-2/h3-6H,1-2H3. The summed E-state index contributed by atoms with van der Waals surface area (Å²) in [5, 5.41) is 0.597. The van der Waals surface area contributed by atoms with E-state index in [1.165, 1.54) is 0 Å². The number of halogens is 2. The van der Waals surface area contributed by atoms with Crippen LogP contribution in [0.15, 0.2) is 23.1 Å². The van der Waals surface area contributed by atoms with Gasteiger partial charge in [0.05, 0.1) is 4.83 Å². The zero-order chi connectivity index (χ0) is 10.7. The molecular formula is C10H10BrClOS. The molecule has 0 aromatic heterocycles. The fraction of sp³-hybridized carbons (Fsp3) is 0.300. The minimum atomic E-state index is -0.174. The smallest absolute Gasteiger partial charge is 0.177 e. The molecule has 4 heteroatoms. The number of Topliss-reactive ketones (excluding diaryl/α,β-unsaturated/α-hetero) is 1. The lowest BCUT2D eigenvalue weighted by Crippen LogP contribution is -2.11. The van der Waals surface area contributed by atoms with Crippen molar-refractivity contribution in [2.24, 2.45) is 0 Å². The Labute approximate surface area is 101 Å². The SMILES string of the molecule is CSc1ccc(Cl)cc1C(=O)C(C)Br. The molecule has 0 heterocycles. The van der Waals surface area contributed by atoms with Crippen molar-refractivity contribution in [3.8, 4) is 0 Å². The van der Waals surface area contributed by atoms with E-state index < -0.39 is 0 Å². The van der Waals surface area contributed by atoms with E-state index in [-0.39, 0.29) is 10.6 Å². The highest BCUT2D eigenvalue weighted by Crippen LogP contribution is 2.26. The topological polar surface area (TPSA) is 17.1 Å². The molecular weight excluding hydrogens is 284 g/mol. The Balaban J connectivity index is 3.17. The van der Waals surface area contributed by atoms with Gasteiger partial charge in [-0.1, -0.05) is 27.5 Å². The molecule has 1 aromatic rings. The van der Waals surface area contributed by atoms with Crippen molar-refractivity contribution in [2.75, 3.05) is 6.26 Å². The lowest BCUT2D eigenvalue weighted by molar-refractivity contribution is 0.0993. The van der Waals surface area contributed by atoms with Crippen molar-refractivity contribution >= 4 is 45.1 Å². The number of hydrogen-bond acceptors (Lipinski definition) is 2. The largest absolute Gasteiger partial charge is 0.293 e. The predicted octanol–water partition coefficient (Wildman–Crippen LogP) is 4.03. The van der Waals surface area contributed by atoms with Gasteiger partial charge in [-0.05, 0) is 31.4 Å². The zero-order valence-electron chi connectivity index (χ0n) is 7.88. The first-order valence-electron chi connectivity index (χ1n) is 4.08. The summed E-state index contributed by atoms with van der Waals surface area (Å²) in [6.07, 6.45) is 1.94. The average Bonchev–Trinajstić information content (AvgIpc) is 2.16. The third-order valence-electron chi connectivity index (χ3n) is 1.79. The molecule has 0 saturated heterocycles. The first-order valence-corrected chi connectivity index (χ1v) is 6.60. The molecule has 0 saturated carbocycles. The first-order chi connectivity index (χ1) is 6.56. The van der Waals surface area contributed by atoms with Crippen LogP contribution in [-0.4, -0.2) is 16.9 Å². The van der Waals surface area contributed by atoms with Crippen LogP contribution < -0.4 is 0 Å².